The van der Waals surface area contributed by atoms with Crippen molar-refractivity contribution in [2.24, 2.45) is 0 Å². The summed E-state index contributed by atoms with van der Waals surface area (Å²) in [6.07, 6.45) is 0. The molecule has 0 spiro atoms. The summed E-state index contributed by atoms with van der Waals surface area (Å²) in [4.78, 5) is 11.0. The number of anilines is 1. The molecular weight excluding hydrogens is 338 g/mol. The van der Waals surface area contributed by atoms with Crippen molar-refractivity contribution >= 4 is 11.7 Å². The Balaban J connectivity index is 1.61. The van der Waals surface area contributed by atoms with Crippen LogP contribution in [0.3, 0.4) is 0 Å². The van der Waals surface area contributed by atoms with E-state index >= 15 is 0 Å². The third kappa shape index (κ3) is 5.11. The van der Waals surface area contributed by atoms with Gasteiger partial charge in [0.05, 0.1) is 5.56 Å². The van der Waals surface area contributed by atoms with Gasteiger partial charge >= 0.3 is 5.97 Å². The van der Waals surface area contributed by atoms with Gasteiger partial charge in [-0.2, -0.15) is 0 Å². The van der Waals surface area contributed by atoms with Gasteiger partial charge in [0.15, 0.2) is 0 Å². The fourth-order valence-electron chi connectivity index (χ4n) is 2.91. The second-order valence-electron chi connectivity index (χ2n) is 6.61. The van der Waals surface area contributed by atoms with Crippen LogP contribution in [0.2, 0.25) is 0 Å². The predicted molar refractivity (Wildman–Crippen MR) is 107 cm³/mol. The molecule has 2 N–H and O–H groups in total. The molecule has 4 heteroatoms. The summed E-state index contributed by atoms with van der Waals surface area (Å²) in [6, 6.07) is 21.3. The summed E-state index contributed by atoms with van der Waals surface area (Å²) in [5.41, 5.74) is 5.59. The first kappa shape index (κ1) is 18.5. The molecule has 4 nitrogen and oxygen atoms in total. The zero-order chi connectivity index (χ0) is 19.2. The third-order valence-electron chi connectivity index (χ3n) is 4.34. The smallest absolute Gasteiger partial charge is 0.335 e. The Labute approximate surface area is 159 Å². The minimum Gasteiger partial charge on any atom is -0.489 e. The van der Waals surface area contributed by atoms with Gasteiger partial charge in [-0.3, -0.25) is 0 Å². The van der Waals surface area contributed by atoms with Gasteiger partial charge < -0.3 is 15.2 Å². The topological polar surface area (TPSA) is 58.6 Å². The van der Waals surface area contributed by atoms with E-state index in [9.17, 15) is 4.79 Å². The molecule has 3 aromatic carbocycles. The molecule has 27 heavy (non-hydrogen) atoms. The number of ether oxygens (including phenoxy) is 1. The van der Waals surface area contributed by atoms with Crippen molar-refractivity contribution in [2.45, 2.75) is 27.0 Å². The molecule has 0 heterocycles. The van der Waals surface area contributed by atoms with Gasteiger partial charge in [0, 0.05) is 12.2 Å². The minimum atomic E-state index is -0.914. The maximum absolute atomic E-state index is 11.0. The molecule has 0 aromatic heterocycles. The largest absolute Gasteiger partial charge is 0.489 e. The van der Waals surface area contributed by atoms with Crippen LogP contribution in [-0.2, 0) is 13.2 Å². The SMILES string of the molecule is Cc1cccc(COc2cccc(CNc3ccc(C(=O)O)cc3C)c2)c1. The molecule has 0 aliphatic rings. The van der Waals surface area contributed by atoms with Crippen molar-refractivity contribution in [3.05, 3.63) is 94.5 Å². The molecule has 3 rings (SSSR count). The second kappa shape index (κ2) is 8.41. The highest BCUT2D eigenvalue weighted by atomic mass is 16.5. The number of aromatic carboxylic acids is 1. The van der Waals surface area contributed by atoms with Crippen molar-refractivity contribution in [2.75, 3.05) is 5.32 Å². The lowest BCUT2D eigenvalue weighted by Gasteiger charge is -2.12. The Kier molecular flexibility index (Phi) is 5.77. The number of carboxylic acid groups (broad SMARTS) is 1. The van der Waals surface area contributed by atoms with Crippen LogP contribution in [0, 0.1) is 13.8 Å². The second-order valence-corrected chi connectivity index (χ2v) is 6.61. The highest BCUT2D eigenvalue weighted by Gasteiger charge is 2.06. The average Bonchev–Trinajstić information content (AvgIpc) is 2.66. The van der Waals surface area contributed by atoms with Crippen molar-refractivity contribution in [3.63, 3.8) is 0 Å². The first-order valence-corrected chi connectivity index (χ1v) is 8.86. The number of nitrogens with one attached hydrogen (secondary N) is 1. The Morgan fingerprint density at radius 2 is 1.74 bits per heavy atom. The van der Waals surface area contributed by atoms with Crippen LogP contribution >= 0.6 is 0 Å². The van der Waals surface area contributed by atoms with Crippen molar-refractivity contribution in [1.29, 1.82) is 0 Å². The molecule has 0 amide bonds. The van der Waals surface area contributed by atoms with Crippen molar-refractivity contribution in [3.8, 4) is 5.75 Å². The van der Waals surface area contributed by atoms with Crippen molar-refractivity contribution in [1.82, 2.24) is 0 Å². The van der Waals surface area contributed by atoms with Gasteiger partial charge in [0.1, 0.15) is 12.4 Å². The minimum absolute atomic E-state index is 0.296. The summed E-state index contributed by atoms with van der Waals surface area (Å²) in [7, 11) is 0. The molecule has 3 aromatic rings. The van der Waals surface area contributed by atoms with Crippen LogP contribution in [0.4, 0.5) is 5.69 Å². The van der Waals surface area contributed by atoms with Crippen LogP contribution in [0.1, 0.15) is 32.6 Å². The van der Waals surface area contributed by atoms with Gasteiger partial charge in [-0.15, -0.1) is 0 Å². The summed E-state index contributed by atoms with van der Waals surface area (Å²) >= 11 is 0. The van der Waals surface area contributed by atoms with E-state index in [0.29, 0.717) is 18.7 Å². The molecule has 0 radical (unpaired) electrons. The Morgan fingerprint density at radius 1 is 0.963 bits per heavy atom. The summed E-state index contributed by atoms with van der Waals surface area (Å²) < 4.78 is 5.91. The molecule has 0 unspecified atom stereocenters. The Bertz CT molecular complexity index is 950. The normalized spacial score (nSPS) is 10.4. The third-order valence-corrected chi connectivity index (χ3v) is 4.34. The quantitative estimate of drug-likeness (QED) is 0.608. The zero-order valence-corrected chi connectivity index (χ0v) is 15.5. The lowest BCUT2D eigenvalue weighted by Crippen LogP contribution is -2.03. The van der Waals surface area contributed by atoms with E-state index in [4.69, 9.17) is 9.84 Å². The van der Waals surface area contributed by atoms with Gasteiger partial charge in [-0.25, -0.2) is 4.79 Å². The first-order valence-electron chi connectivity index (χ1n) is 8.86. The van der Waals surface area contributed by atoms with Gasteiger partial charge in [0.25, 0.3) is 0 Å². The number of hydrogen-bond donors (Lipinski definition) is 2. The van der Waals surface area contributed by atoms with E-state index < -0.39 is 5.97 Å². The van der Waals surface area contributed by atoms with E-state index in [2.05, 4.69) is 30.4 Å². The average molecular weight is 361 g/mol. The maximum atomic E-state index is 11.0. The van der Waals surface area contributed by atoms with Gasteiger partial charge in [-0.1, -0.05) is 42.0 Å². The van der Waals surface area contributed by atoms with Gasteiger partial charge in [-0.05, 0) is 60.9 Å². The molecule has 0 atom stereocenters. The Morgan fingerprint density at radius 3 is 2.48 bits per heavy atom. The molecular formula is C23H23NO3. The number of benzene rings is 3. The van der Waals surface area contributed by atoms with E-state index in [1.807, 2.05) is 37.3 Å². The summed E-state index contributed by atoms with van der Waals surface area (Å²) in [5.74, 6) is -0.0862. The van der Waals surface area contributed by atoms with E-state index in [1.54, 1.807) is 18.2 Å². The predicted octanol–water partition coefficient (Wildman–Crippen LogP) is 5.19. The standard InChI is InChI=1S/C23H23NO3/c1-16-5-3-7-19(11-16)15-27-21-8-4-6-18(13-21)14-24-22-10-9-20(23(25)26)12-17(22)2/h3-13,24H,14-15H2,1-2H3,(H,25,26). The van der Waals surface area contributed by atoms with Crippen LogP contribution in [0.15, 0.2) is 66.7 Å². The number of carboxylic acids is 1. The molecule has 0 bridgehead atoms. The highest BCUT2D eigenvalue weighted by molar-refractivity contribution is 5.88. The lowest BCUT2D eigenvalue weighted by molar-refractivity contribution is 0.0697. The van der Waals surface area contributed by atoms with E-state index in [1.165, 1.54) is 5.56 Å². The molecule has 0 saturated carbocycles. The van der Waals surface area contributed by atoms with E-state index in [0.717, 1.165) is 28.1 Å². The van der Waals surface area contributed by atoms with Crippen LogP contribution < -0.4 is 10.1 Å². The molecule has 0 fully saturated rings. The Hall–Kier alpha value is -3.27. The van der Waals surface area contributed by atoms with Crippen LogP contribution in [0.5, 0.6) is 5.75 Å². The van der Waals surface area contributed by atoms with Crippen LogP contribution in [-0.4, -0.2) is 11.1 Å². The van der Waals surface area contributed by atoms with Crippen LogP contribution in [0.25, 0.3) is 0 Å². The maximum Gasteiger partial charge on any atom is 0.335 e. The number of rotatable bonds is 7. The van der Waals surface area contributed by atoms with Crippen molar-refractivity contribution < 1.29 is 14.6 Å². The molecule has 0 aliphatic heterocycles. The number of carbonyl (C=O) groups is 1. The summed E-state index contributed by atoms with van der Waals surface area (Å²) in [5, 5.41) is 12.4. The zero-order valence-electron chi connectivity index (χ0n) is 15.5. The number of hydrogen-bond acceptors (Lipinski definition) is 3. The fraction of sp³-hybridized carbons (Fsp3) is 0.174. The number of aryl methyl sites for hydroxylation is 2. The highest BCUT2D eigenvalue weighted by Crippen LogP contribution is 2.20. The molecule has 0 saturated heterocycles. The summed E-state index contributed by atoms with van der Waals surface area (Å²) in [6.45, 7) is 5.14. The lowest BCUT2D eigenvalue weighted by atomic mass is 10.1. The van der Waals surface area contributed by atoms with E-state index in [-0.39, 0.29) is 0 Å². The first-order chi connectivity index (χ1) is 13.0. The fourth-order valence-corrected chi connectivity index (χ4v) is 2.91. The van der Waals surface area contributed by atoms with Gasteiger partial charge in [0.2, 0.25) is 0 Å². The molecule has 138 valence electrons. The molecule has 0 aliphatic carbocycles. The monoisotopic (exact) mass is 361 g/mol.